The second-order valence-electron chi connectivity index (χ2n) is 6.85. The first-order valence-corrected chi connectivity index (χ1v) is 9.53. The number of ether oxygens (including phenoxy) is 1. The van der Waals surface area contributed by atoms with E-state index in [0.717, 1.165) is 11.9 Å². The van der Waals surface area contributed by atoms with Gasteiger partial charge in [-0.15, -0.1) is 0 Å². The van der Waals surface area contributed by atoms with Gasteiger partial charge in [-0.05, 0) is 35.7 Å². The van der Waals surface area contributed by atoms with Crippen LogP contribution in [0.5, 0.6) is 5.75 Å². The third-order valence-electron chi connectivity index (χ3n) is 4.28. The van der Waals surface area contributed by atoms with Gasteiger partial charge in [0.15, 0.2) is 6.61 Å². The molecule has 2 aromatic carbocycles. The van der Waals surface area contributed by atoms with Crippen molar-refractivity contribution in [1.82, 2.24) is 15.4 Å². The van der Waals surface area contributed by atoms with Gasteiger partial charge >= 0.3 is 5.69 Å². The predicted octanol–water partition coefficient (Wildman–Crippen LogP) is 3.77. The first-order valence-electron chi connectivity index (χ1n) is 9.53. The zero-order chi connectivity index (χ0) is 22.2. The first-order chi connectivity index (χ1) is 14.9. The number of carbonyl (C=O) groups is 1. The topological polar surface area (TPSA) is 131 Å². The van der Waals surface area contributed by atoms with Crippen LogP contribution < -0.4 is 20.9 Å². The van der Waals surface area contributed by atoms with Gasteiger partial charge in [0.05, 0.1) is 4.92 Å². The van der Waals surface area contributed by atoms with E-state index >= 15 is 0 Å². The van der Waals surface area contributed by atoms with Gasteiger partial charge in [0, 0.05) is 5.69 Å². The van der Waals surface area contributed by atoms with E-state index in [1.54, 1.807) is 24.3 Å². The summed E-state index contributed by atoms with van der Waals surface area (Å²) in [5.41, 5.74) is 6.19. The third kappa shape index (κ3) is 5.89. The lowest BCUT2D eigenvalue weighted by Crippen LogP contribution is -2.34. The van der Waals surface area contributed by atoms with Crippen molar-refractivity contribution in [3.8, 4) is 5.75 Å². The van der Waals surface area contributed by atoms with E-state index in [0.29, 0.717) is 17.4 Å². The Morgan fingerprint density at radius 1 is 1.06 bits per heavy atom. The number of amides is 1. The molecule has 3 rings (SSSR count). The second kappa shape index (κ2) is 10.0. The number of nitro groups is 1. The number of anilines is 3. The fourth-order valence-corrected chi connectivity index (χ4v) is 2.65. The maximum atomic E-state index is 12.0. The molecule has 0 aliphatic rings. The summed E-state index contributed by atoms with van der Waals surface area (Å²) in [6.45, 7) is 3.88. The lowest BCUT2D eigenvalue weighted by atomic mass is 10.0. The monoisotopic (exact) mass is 422 g/mol. The molecule has 1 aromatic heterocycles. The zero-order valence-corrected chi connectivity index (χ0v) is 17.0. The van der Waals surface area contributed by atoms with E-state index in [4.69, 9.17) is 4.74 Å². The van der Waals surface area contributed by atoms with Crippen molar-refractivity contribution in [3.63, 3.8) is 0 Å². The number of para-hydroxylation sites is 1. The lowest BCUT2D eigenvalue weighted by Gasteiger charge is -2.12. The Kier molecular flexibility index (Phi) is 6.94. The van der Waals surface area contributed by atoms with Crippen LogP contribution in [0, 0.1) is 10.1 Å². The smallest absolute Gasteiger partial charge is 0.355 e. The SMILES string of the molecule is CC(C)c1ccc(Nc2ncnc(NNC(=O)COc3ccccc3)c2[N+](=O)[O-])cc1. The van der Waals surface area contributed by atoms with E-state index < -0.39 is 16.5 Å². The summed E-state index contributed by atoms with van der Waals surface area (Å²) in [6.07, 6.45) is 1.16. The minimum Gasteiger partial charge on any atom is -0.484 e. The summed E-state index contributed by atoms with van der Waals surface area (Å²) in [4.78, 5) is 30.9. The minimum absolute atomic E-state index is 0.00502. The predicted molar refractivity (Wildman–Crippen MR) is 116 cm³/mol. The maximum Gasteiger partial charge on any atom is 0.355 e. The molecule has 0 bridgehead atoms. The summed E-state index contributed by atoms with van der Waals surface area (Å²) >= 11 is 0. The first kappa shape index (κ1) is 21.5. The zero-order valence-electron chi connectivity index (χ0n) is 17.0. The number of benzene rings is 2. The molecule has 10 nitrogen and oxygen atoms in total. The van der Waals surface area contributed by atoms with E-state index in [9.17, 15) is 14.9 Å². The fraction of sp³-hybridized carbons (Fsp3) is 0.190. The molecule has 0 saturated heterocycles. The highest BCUT2D eigenvalue weighted by atomic mass is 16.6. The van der Waals surface area contributed by atoms with Crippen molar-refractivity contribution < 1.29 is 14.5 Å². The number of hydrogen-bond donors (Lipinski definition) is 3. The van der Waals surface area contributed by atoms with Gasteiger partial charge in [-0.3, -0.25) is 25.8 Å². The molecule has 1 amide bonds. The summed E-state index contributed by atoms with van der Waals surface area (Å²) in [6, 6.07) is 16.3. The Hall–Kier alpha value is -4.21. The normalized spacial score (nSPS) is 10.4. The largest absolute Gasteiger partial charge is 0.484 e. The molecule has 3 N–H and O–H groups in total. The van der Waals surface area contributed by atoms with Crippen LogP contribution in [0.15, 0.2) is 60.9 Å². The number of aromatic nitrogens is 2. The molecular formula is C21H22N6O4. The van der Waals surface area contributed by atoms with Gasteiger partial charge < -0.3 is 10.1 Å². The average molecular weight is 422 g/mol. The van der Waals surface area contributed by atoms with Gasteiger partial charge in [0.1, 0.15) is 12.1 Å². The fourth-order valence-electron chi connectivity index (χ4n) is 2.65. The maximum absolute atomic E-state index is 12.0. The van der Waals surface area contributed by atoms with E-state index in [1.807, 2.05) is 30.3 Å². The average Bonchev–Trinajstić information content (AvgIpc) is 2.77. The quantitative estimate of drug-likeness (QED) is 0.351. The van der Waals surface area contributed by atoms with Crippen molar-refractivity contribution in [3.05, 3.63) is 76.6 Å². The van der Waals surface area contributed by atoms with E-state index in [-0.39, 0.29) is 18.2 Å². The Balaban J connectivity index is 1.68. The van der Waals surface area contributed by atoms with Gasteiger partial charge in [0.2, 0.25) is 11.6 Å². The van der Waals surface area contributed by atoms with Crippen LogP contribution in [0.1, 0.15) is 25.3 Å². The summed E-state index contributed by atoms with van der Waals surface area (Å²) < 4.78 is 5.33. The molecule has 160 valence electrons. The molecule has 0 radical (unpaired) electrons. The summed E-state index contributed by atoms with van der Waals surface area (Å²) in [5.74, 6) is 0.202. The molecule has 0 unspecified atom stereocenters. The Morgan fingerprint density at radius 3 is 2.39 bits per heavy atom. The molecule has 31 heavy (non-hydrogen) atoms. The van der Waals surface area contributed by atoms with Crippen molar-refractivity contribution in [1.29, 1.82) is 0 Å². The molecule has 10 heteroatoms. The Labute approximate surface area is 178 Å². The van der Waals surface area contributed by atoms with E-state index in [1.165, 1.54) is 0 Å². The molecular weight excluding hydrogens is 400 g/mol. The highest BCUT2D eigenvalue weighted by Gasteiger charge is 2.23. The highest BCUT2D eigenvalue weighted by molar-refractivity contribution is 5.80. The van der Waals surface area contributed by atoms with E-state index in [2.05, 4.69) is 40.0 Å². The van der Waals surface area contributed by atoms with Crippen molar-refractivity contribution in [2.24, 2.45) is 0 Å². The minimum atomic E-state index is -0.625. The number of hydrogen-bond acceptors (Lipinski definition) is 8. The van der Waals surface area contributed by atoms with Crippen LogP contribution in [0.2, 0.25) is 0 Å². The highest BCUT2D eigenvalue weighted by Crippen LogP contribution is 2.31. The molecule has 3 aromatic rings. The Bertz CT molecular complexity index is 1040. The van der Waals surface area contributed by atoms with Crippen LogP contribution in [0.3, 0.4) is 0 Å². The standard InChI is InChI=1S/C21H22N6O4/c1-14(2)15-8-10-16(11-9-15)24-20-19(27(29)30)21(23-13-22-20)26-25-18(28)12-31-17-6-4-3-5-7-17/h3-11,13-14H,12H2,1-2H3,(H,25,28)(H2,22,23,24,26). The van der Waals surface area contributed by atoms with Gasteiger partial charge in [-0.1, -0.05) is 44.2 Å². The molecule has 0 atom stereocenters. The molecule has 0 aliphatic heterocycles. The van der Waals surface area contributed by atoms with Crippen molar-refractivity contribution in [2.45, 2.75) is 19.8 Å². The second-order valence-corrected chi connectivity index (χ2v) is 6.85. The van der Waals surface area contributed by atoms with Crippen LogP contribution in [0.4, 0.5) is 23.0 Å². The molecule has 0 fully saturated rings. The summed E-state index contributed by atoms with van der Waals surface area (Å²) in [7, 11) is 0. The number of rotatable bonds is 9. The van der Waals surface area contributed by atoms with Crippen LogP contribution in [-0.2, 0) is 4.79 Å². The molecule has 0 spiro atoms. The number of carbonyl (C=O) groups excluding carboxylic acids is 1. The van der Waals surface area contributed by atoms with Crippen molar-refractivity contribution in [2.75, 3.05) is 17.3 Å². The van der Waals surface area contributed by atoms with Crippen LogP contribution in [-0.4, -0.2) is 27.4 Å². The molecule has 1 heterocycles. The van der Waals surface area contributed by atoms with Crippen LogP contribution >= 0.6 is 0 Å². The summed E-state index contributed by atoms with van der Waals surface area (Å²) in [5, 5.41) is 14.6. The number of nitrogens with one attached hydrogen (secondary N) is 3. The number of hydrazine groups is 1. The van der Waals surface area contributed by atoms with Gasteiger partial charge in [-0.2, -0.15) is 0 Å². The number of nitrogens with zero attached hydrogens (tertiary/aromatic N) is 3. The van der Waals surface area contributed by atoms with Crippen LogP contribution in [0.25, 0.3) is 0 Å². The van der Waals surface area contributed by atoms with Crippen molar-refractivity contribution >= 4 is 28.9 Å². The third-order valence-corrected chi connectivity index (χ3v) is 4.28. The molecule has 0 aliphatic carbocycles. The Morgan fingerprint density at radius 2 is 1.74 bits per heavy atom. The molecule has 0 saturated carbocycles. The van der Waals surface area contributed by atoms with Gasteiger partial charge in [0.25, 0.3) is 5.91 Å². The lowest BCUT2D eigenvalue weighted by molar-refractivity contribution is -0.383. The van der Waals surface area contributed by atoms with Gasteiger partial charge in [-0.25, -0.2) is 9.97 Å².